The SMILES string of the molecule is Cc1ccc(C)c([C@H]2CC[C@H](CO)CC2)c1. The van der Waals surface area contributed by atoms with Gasteiger partial charge in [0, 0.05) is 6.61 Å². The van der Waals surface area contributed by atoms with Gasteiger partial charge >= 0.3 is 0 Å². The number of rotatable bonds is 2. The summed E-state index contributed by atoms with van der Waals surface area (Å²) in [5.41, 5.74) is 4.33. The second kappa shape index (κ2) is 5.01. The van der Waals surface area contributed by atoms with Gasteiger partial charge in [0.25, 0.3) is 0 Å². The van der Waals surface area contributed by atoms with Crippen molar-refractivity contribution >= 4 is 0 Å². The summed E-state index contributed by atoms with van der Waals surface area (Å²) in [7, 11) is 0. The number of aryl methyl sites for hydroxylation is 2. The van der Waals surface area contributed by atoms with Crippen molar-refractivity contribution in [3.8, 4) is 0 Å². The molecule has 0 bridgehead atoms. The highest BCUT2D eigenvalue weighted by molar-refractivity contribution is 5.33. The largest absolute Gasteiger partial charge is 0.396 e. The normalized spacial score (nSPS) is 25.7. The van der Waals surface area contributed by atoms with Gasteiger partial charge in [0.2, 0.25) is 0 Å². The van der Waals surface area contributed by atoms with Crippen LogP contribution in [-0.4, -0.2) is 11.7 Å². The average molecular weight is 218 g/mol. The molecule has 1 heteroatoms. The summed E-state index contributed by atoms with van der Waals surface area (Å²) in [6.45, 7) is 4.76. The second-order valence-corrected chi connectivity index (χ2v) is 5.26. The van der Waals surface area contributed by atoms with Gasteiger partial charge in [-0.05, 0) is 62.5 Å². The molecule has 1 saturated carbocycles. The highest BCUT2D eigenvalue weighted by atomic mass is 16.3. The number of hydrogen-bond acceptors (Lipinski definition) is 1. The highest BCUT2D eigenvalue weighted by Crippen LogP contribution is 2.37. The molecule has 0 spiro atoms. The molecular weight excluding hydrogens is 196 g/mol. The van der Waals surface area contributed by atoms with E-state index in [1.807, 2.05) is 0 Å². The minimum Gasteiger partial charge on any atom is -0.396 e. The van der Waals surface area contributed by atoms with E-state index >= 15 is 0 Å². The van der Waals surface area contributed by atoms with E-state index in [0.717, 1.165) is 5.92 Å². The fourth-order valence-electron chi connectivity index (χ4n) is 2.86. The molecule has 0 amide bonds. The van der Waals surface area contributed by atoms with E-state index in [9.17, 15) is 0 Å². The molecule has 0 atom stereocenters. The monoisotopic (exact) mass is 218 g/mol. The van der Waals surface area contributed by atoms with Gasteiger partial charge in [-0.25, -0.2) is 0 Å². The standard InChI is InChI=1S/C15H22O/c1-11-3-4-12(2)15(9-11)14-7-5-13(10-16)6-8-14/h3-4,9,13-14,16H,5-8,10H2,1-2H3/t13-,14-. The van der Waals surface area contributed by atoms with Crippen LogP contribution in [0.2, 0.25) is 0 Å². The van der Waals surface area contributed by atoms with Crippen molar-refractivity contribution < 1.29 is 5.11 Å². The lowest BCUT2D eigenvalue weighted by atomic mass is 9.77. The zero-order valence-electron chi connectivity index (χ0n) is 10.4. The smallest absolute Gasteiger partial charge is 0.0459 e. The third kappa shape index (κ3) is 2.46. The molecule has 2 rings (SSSR count). The van der Waals surface area contributed by atoms with Gasteiger partial charge in [-0.3, -0.25) is 0 Å². The Morgan fingerprint density at radius 2 is 1.81 bits per heavy atom. The maximum atomic E-state index is 9.15. The molecule has 1 aromatic rings. The van der Waals surface area contributed by atoms with Crippen molar-refractivity contribution in [2.45, 2.75) is 45.4 Å². The summed E-state index contributed by atoms with van der Waals surface area (Å²) in [5.74, 6) is 1.28. The number of aliphatic hydroxyl groups excluding tert-OH is 1. The quantitative estimate of drug-likeness (QED) is 0.804. The average Bonchev–Trinajstić information content (AvgIpc) is 2.32. The second-order valence-electron chi connectivity index (χ2n) is 5.26. The van der Waals surface area contributed by atoms with Crippen LogP contribution in [-0.2, 0) is 0 Å². The first-order valence-corrected chi connectivity index (χ1v) is 6.38. The van der Waals surface area contributed by atoms with E-state index in [2.05, 4.69) is 32.0 Å². The van der Waals surface area contributed by atoms with Gasteiger partial charge in [-0.15, -0.1) is 0 Å². The Morgan fingerprint density at radius 3 is 2.44 bits per heavy atom. The Morgan fingerprint density at radius 1 is 1.12 bits per heavy atom. The summed E-state index contributed by atoms with van der Waals surface area (Å²) in [6.07, 6.45) is 4.87. The van der Waals surface area contributed by atoms with Crippen LogP contribution < -0.4 is 0 Å². The van der Waals surface area contributed by atoms with Crippen LogP contribution >= 0.6 is 0 Å². The zero-order chi connectivity index (χ0) is 11.5. The Bertz CT molecular complexity index is 348. The van der Waals surface area contributed by atoms with Crippen LogP contribution in [0.15, 0.2) is 18.2 Å². The van der Waals surface area contributed by atoms with Crippen molar-refractivity contribution in [1.82, 2.24) is 0 Å². The lowest BCUT2D eigenvalue weighted by molar-refractivity contribution is 0.182. The molecule has 0 heterocycles. The van der Waals surface area contributed by atoms with Gasteiger partial charge in [0.1, 0.15) is 0 Å². The minimum absolute atomic E-state index is 0.375. The third-order valence-corrected chi connectivity index (χ3v) is 3.98. The van der Waals surface area contributed by atoms with Gasteiger partial charge < -0.3 is 5.11 Å². The van der Waals surface area contributed by atoms with E-state index in [1.54, 1.807) is 0 Å². The van der Waals surface area contributed by atoms with E-state index in [1.165, 1.54) is 42.4 Å². The highest BCUT2D eigenvalue weighted by Gasteiger charge is 2.22. The lowest BCUT2D eigenvalue weighted by Crippen LogP contribution is -2.16. The fourth-order valence-corrected chi connectivity index (χ4v) is 2.86. The number of aliphatic hydroxyl groups is 1. The Balaban J connectivity index is 2.10. The molecule has 1 N–H and O–H groups in total. The lowest BCUT2D eigenvalue weighted by Gasteiger charge is -2.28. The first-order valence-electron chi connectivity index (χ1n) is 6.38. The van der Waals surface area contributed by atoms with Crippen LogP contribution in [0.1, 0.15) is 48.3 Å². The molecule has 16 heavy (non-hydrogen) atoms. The zero-order valence-corrected chi connectivity index (χ0v) is 10.4. The first kappa shape index (κ1) is 11.7. The predicted octanol–water partition coefficient (Wildman–Crippen LogP) is 3.57. The van der Waals surface area contributed by atoms with Gasteiger partial charge in [0.05, 0.1) is 0 Å². The topological polar surface area (TPSA) is 20.2 Å². The molecule has 0 aliphatic heterocycles. The van der Waals surface area contributed by atoms with Crippen LogP contribution in [0.25, 0.3) is 0 Å². The van der Waals surface area contributed by atoms with Gasteiger partial charge in [-0.2, -0.15) is 0 Å². The molecule has 1 aliphatic carbocycles. The number of hydrogen-bond donors (Lipinski definition) is 1. The summed E-state index contributed by atoms with van der Waals surface area (Å²) in [4.78, 5) is 0. The van der Waals surface area contributed by atoms with Crippen molar-refractivity contribution in [3.05, 3.63) is 34.9 Å². The molecule has 1 aromatic carbocycles. The summed E-state index contributed by atoms with van der Waals surface area (Å²) in [5, 5.41) is 9.15. The fraction of sp³-hybridized carbons (Fsp3) is 0.600. The molecule has 0 aromatic heterocycles. The molecule has 1 aliphatic rings. The first-order chi connectivity index (χ1) is 7.70. The summed E-state index contributed by atoms with van der Waals surface area (Å²) in [6, 6.07) is 6.78. The van der Waals surface area contributed by atoms with E-state index in [4.69, 9.17) is 5.11 Å². The number of benzene rings is 1. The summed E-state index contributed by atoms with van der Waals surface area (Å²) < 4.78 is 0. The molecule has 88 valence electrons. The Kier molecular flexibility index (Phi) is 3.65. The van der Waals surface area contributed by atoms with Crippen LogP contribution in [0, 0.1) is 19.8 Å². The molecule has 0 saturated heterocycles. The van der Waals surface area contributed by atoms with Crippen molar-refractivity contribution in [1.29, 1.82) is 0 Å². The molecule has 0 radical (unpaired) electrons. The van der Waals surface area contributed by atoms with Crippen LogP contribution in [0.4, 0.5) is 0 Å². The molecule has 0 unspecified atom stereocenters. The van der Waals surface area contributed by atoms with Crippen LogP contribution in [0.5, 0.6) is 0 Å². The van der Waals surface area contributed by atoms with Crippen LogP contribution in [0.3, 0.4) is 0 Å². The predicted molar refractivity (Wildman–Crippen MR) is 67.7 cm³/mol. The van der Waals surface area contributed by atoms with E-state index < -0.39 is 0 Å². The van der Waals surface area contributed by atoms with Gasteiger partial charge in [0.15, 0.2) is 0 Å². The van der Waals surface area contributed by atoms with Gasteiger partial charge in [-0.1, -0.05) is 23.8 Å². The molecule has 1 nitrogen and oxygen atoms in total. The minimum atomic E-state index is 0.375. The summed E-state index contributed by atoms with van der Waals surface area (Å²) >= 11 is 0. The molecular formula is C15H22O. The maximum absolute atomic E-state index is 9.15. The Hall–Kier alpha value is -0.820. The van der Waals surface area contributed by atoms with E-state index in [0.29, 0.717) is 12.5 Å². The van der Waals surface area contributed by atoms with E-state index in [-0.39, 0.29) is 0 Å². The Labute approximate surface area is 98.5 Å². The molecule has 1 fully saturated rings. The third-order valence-electron chi connectivity index (χ3n) is 3.98. The van der Waals surface area contributed by atoms with Crippen molar-refractivity contribution in [2.75, 3.05) is 6.61 Å². The van der Waals surface area contributed by atoms with Crippen molar-refractivity contribution in [2.24, 2.45) is 5.92 Å². The maximum Gasteiger partial charge on any atom is 0.0459 e. The van der Waals surface area contributed by atoms with Crippen molar-refractivity contribution in [3.63, 3.8) is 0 Å².